The molecule has 0 aromatic carbocycles. The number of rotatable bonds is 8. The third kappa shape index (κ3) is 8.34. The third-order valence-electron chi connectivity index (χ3n) is 4.94. The maximum atomic E-state index is 5.68. The zero-order valence-electron chi connectivity index (χ0n) is 15.4. The predicted octanol–water partition coefficient (Wildman–Crippen LogP) is 3.32. The van der Waals surface area contributed by atoms with E-state index in [2.05, 4.69) is 29.5 Å². The molecule has 2 rings (SSSR count). The fourth-order valence-electron chi connectivity index (χ4n) is 3.44. The molecule has 0 bridgehead atoms. The number of hydrogen-bond acceptors (Lipinski definition) is 3. The maximum absolute atomic E-state index is 5.68. The van der Waals surface area contributed by atoms with Crippen LogP contribution in [0, 0.1) is 5.92 Å². The van der Waals surface area contributed by atoms with E-state index in [0.717, 1.165) is 31.4 Å². The van der Waals surface area contributed by atoms with Gasteiger partial charge in [-0.2, -0.15) is 0 Å². The molecule has 0 aromatic heterocycles. The standard InChI is InChI=1S/C18H35N3O2.HI/c1-3-15-7-9-16(10-8-15)21-18(19-4-2)20-11-13-22-14-17-6-5-12-23-17;/h15-17H,3-14H2,1-2H3,(H2,19,20,21);1H. The molecule has 1 aliphatic carbocycles. The fourth-order valence-corrected chi connectivity index (χ4v) is 3.44. The van der Waals surface area contributed by atoms with E-state index >= 15 is 0 Å². The fraction of sp³-hybridized carbons (Fsp3) is 0.944. The number of halogens is 1. The summed E-state index contributed by atoms with van der Waals surface area (Å²) >= 11 is 0. The minimum atomic E-state index is 0. The number of ether oxygens (including phenoxy) is 2. The Morgan fingerprint density at radius 3 is 2.58 bits per heavy atom. The molecule has 1 unspecified atom stereocenters. The first-order valence-corrected chi connectivity index (χ1v) is 9.56. The normalized spacial score (nSPS) is 27.6. The Morgan fingerprint density at radius 2 is 1.96 bits per heavy atom. The van der Waals surface area contributed by atoms with Crippen molar-refractivity contribution in [3.05, 3.63) is 0 Å². The van der Waals surface area contributed by atoms with Gasteiger partial charge in [0.05, 0.1) is 25.9 Å². The summed E-state index contributed by atoms with van der Waals surface area (Å²) in [7, 11) is 0. The van der Waals surface area contributed by atoms with E-state index in [0.29, 0.717) is 31.9 Å². The van der Waals surface area contributed by atoms with Crippen LogP contribution in [0.2, 0.25) is 0 Å². The highest BCUT2D eigenvalue weighted by Crippen LogP contribution is 2.26. The number of nitrogens with zero attached hydrogens (tertiary/aromatic N) is 1. The van der Waals surface area contributed by atoms with Crippen molar-refractivity contribution in [2.75, 3.05) is 32.9 Å². The molecule has 1 aliphatic heterocycles. The first-order valence-electron chi connectivity index (χ1n) is 9.56. The summed E-state index contributed by atoms with van der Waals surface area (Å²) in [5.74, 6) is 1.87. The zero-order valence-corrected chi connectivity index (χ0v) is 17.7. The van der Waals surface area contributed by atoms with Crippen molar-refractivity contribution >= 4 is 29.9 Å². The van der Waals surface area contributed by atoms with Gasteiger partial charge in [-0.05, 0) is 51.4 Å². The molecule has 6 heteroatoms. The van der Waals surface area contributed by atoms with Crippen molar-refractivity contribution in [3.8, 4) is 0 Å². The van der Waals surface area contributed by atoms with E-state index in [1.807, 2.05) is 0 Å². The highest BCUT2D eigenvalue weighted by Gasteiger charge is 2.20. The van der Waals surface area contributed by atoms with Gasteiger partial charge in [-0.25, -0.2) is 0 Å². The van der Waals surface area contributed by atoms with Gasteiger partial charge in [0.25, 0.3) is 0 Å². The average molecular weight is 453 g/mol. The monoisotopic (exact) mass is 453 g/mol. The van der Waals surface area contributed by atoms with E-state index in [-0.39, 0.29) is 24.0 Å². The van der Waals surface area contributed by atoms with Gasteiger partial charge < -0.3 is 20.1 Å². The van der Waals surface area contributed by atoms with Crippen LogP contribution in [0.5, 0.6) is 0 Å². The lowest BCUT2D eigenvalue weighted by molar-refractivity contribution is 0.0200. The second kappa shape index (κ2) is 13.2. The Balaban J connectivity index is 0.00000288. The van der Waals surface area contributed by atoms with Gasteiger partial charge >= 0.3 is 0 Å². The molecule has 1 saturated carbocycles. The second-order valence-corrected chi connectivity index (χ2v) is 6.74. The molecule has 5 nitrogen and oxygen atoms in total. The highest BCUT2D eigenvalue weighted by atomic mass is 127. The molecule has 0 radical (unpaired) electrons. The van der Waals surface area contributed by atoms with Crippen LogP contribution in [0.25, 0.3) is 0 Å². The lowest BCUT2D eigenvalue weighted by atomic mass is 9.84. The van der Waals surface area contributed by atoms with Crippen molar-refractivity contribution in [2.45, 2.75) is 70.9 Å². The van der Waals surface area contributed by atoms with Gasteiger partial charge in [-0.3, -0.25) is 4.99 Å². The van der Waals surface area contributed by atoms with Crippen LogP contribution in [0.3, 0.4) is 0 Å². The zero-order chi connectivity index (χ0) is 16.3. The van der Waals surface area contributed by atoms with E-state index in [1.165, 1.54) is 38.5 Å². The predicted molar refractivity (Wildman–Crippen MR) is 110 cm³/mol. The summed E-state index contributed by atoms with van der Waals surface area (Å²) in [5.41, 5.74) is 0. The molecule has 2 N–H and O–H groups in total. The summed E-state index contributed by atoms with van der Waals surface area (Å²) in [5, 5.41) is 6.94. The summed E-state index contributed by atoms with van der Waals surface area (Å²) in [6.07, 6.45) is 9.14. The largest absolute Gasteiger partial charge is 0.377 e. The van der Waals surface area contributed by atoms with Crippen LogP contribution in [-0.4, -0.2) is 51.0 Å². The van der Waals surface area contributed by atoms with E-state index in [9.17, 15) is 0 Å². The quantitative estimate of drug-likeness (QED) is 0.256. The molecule has 0 spiro atoms. The molecule has 2 fully saturated rings. The minimum Gasteiger partial charge on any atom is -0.377 e. The Morgan fingerprint density at radius 1 is 1.17 bits per heavy atom. The first-order chi connectivity index (χ1) is 11.3. The highest BCUT2D eigenvalue weighted by molar-refractivity contribution is 14.0. The van der Waals surface area contributed by atoms with Crippen molar-refractivity contribution in [2.24, 2.45) is 10.9 Å². The van der Waals surface area contributed by atoms with Crippen LogP contribution in [0.4, 0.5) is 0 Å². The molecule has 1 heterocycles. The number of hydrogen-bond donors (Lipinski definition) is 2. The van der Waals surface area contributed by atoms with Crippen LogP contribution in [-0.2, 0) is 9.47 Å². The van der Waals surface area contributed by atoms with Crippen LogP contribution in [0.15, 0.2) is 4.99 Å². The maximum Gasteiger partial charge on any atom is 0.191 e. The summed E-state index contributed by atoms with van der Waals surface area (Å²) < 4.78 is 11.2. The Labute approximate surface area is 164 Å². The van der Waals surface area contributed by atoms with Crippen LogP contribution < -0.4 is 10.6 Å². The van der Waals surface area contributed by atoms with Gasteiger partial charge in [-0.15, -0.1) is 24.0 Å². The molecule has 1 atom stereocenters. The van der Waals surface area contributed by atoms with Gasteiger partial charge in [0, 0.05) is 19.2 Å². The van der Waals surface area contributed by atoms with Crippen molar-refractivity contribution < 1.29 is 9.47 Å². The van der Waals surface area contributed by atoms with Crippen molar-refractivity contribution in [3.63, 3.8) is 0 Å². The average Bonchev–Trinajstić information content (AvgIpc) is 3.09. The number of nitrogens with one attached hydrogen (secondary N) is 2. The van der Waals surface area contributed by atoms with Gasteiger partial charge in [-0.1, -0.05) is 13.3 Å². The third-order valence-corrected chi connectivity index (χ3v) is 4.94. The molecule has 0 amide bonds. The molecule has 142 valence electrons. The van der Waals surface area contributed by atoms with Crippen LogP contribution in [0.1, 0.15) is 58.8 Å². The summed E-state index contributed by atoms with van der Waals surface area (Å²) in [4.78, 5) is 4.64. The van der Waals surface area contributed by atoms with Crippen molar-refractivity contribution in [1.29, 1.82) is 0 Å². The van der Waals surface area contributed by atoms with E-state index in [4.69, 9.17) is 9.47 Å². The summed E-state index contributed by atoms with van der Waals surface area (Å²) in [6, 6.07) is 0.573. The number of guanidine groups is 1. The lowest BCUT2D eigenvalue weighted by Gasteiger charge is -2.29. The molecular formula is C18H36IN3O2. The topological polar surface area (TPSA) is 54.9 Å². The van der Waals surface area contributed by atoms with Gasteiger partial charge in [0.15, 0.2) is 5.96 Å². The Hall–Kier alpha value is -0.0800. The minimum absolute atomic E-state index is 0. The number of aliphatic imine (C=N–C) groups is 1. The van der Waals surface area contributed by atoms with Crippen LogP contribution >= 0.6 is 24.0 Å². The first kappa shape index (κ1) is 22.0. The Kier molecular flexibility index (Phi) is 12.0. The molecule has 24 heavy (non-hydrogen) atoms. The second-order valence-electron chi connectivity index (χ2n) is 6.74. The van der Waals surface area contributed by atoms with Crippen molar-refractivity contribution in [1.82, 2.24) is 10.6 Å². The van der Waals surface area contributed by atoms with Gasteiger partial charge in [0.2, 0.25) is 0 Å². The smallest absolute Gasteiger partial charge is 0.191 e. The summed E-state index contributed by atoms with van der Waals surface area (Å²) in [6.45, 7) is 8.28. The lowest BCUT2D eigenvalue weighted by Crippen LogP contribution is -2.45. The molecule has 1 saturated heterocycles. The molecule has 2 aliphatic rings. The van der Waals surface area contributed by atoms with E-state index in [1.54, 1.807) is 0 Å². The van der Waals surface area contributed by atoms with E-state index < -0.39 is 0 Å². The Bertz CT molecular complexity index is 341. The molecular weight excluding hydrogens is 417 g/mol. The van der Waals surface area contributed by atoms with Gasteiger partial charge in [0.1, 0.15) is 0 Å². The molecule has 0 aromatic rings. The SMILES string of the molecule is CCNC(=NCCOCC1CCCO1)NC1CCC(CC)CC1.I.